The zero-order valence-electron chi connectivity index (χ0n) is 10.5. The van der Waals surface area contributed by atoms with Crippen molar-refractivity contribution in [2.45, 2.75) is 51.0 Å². The Kier molecular flexibility index (Phi) is 2.96. The normalized spacial score (nSPS) is 23.5. The predicted octanol–water partition coefficient (Wildman–Crippen LogP) is 3.93. The molecule has 0 radical (unpaired) electrons. The zero-order valence-corrected chi connectivity index (χ0v) is 10.5. The van der Waals surface area contributed by atoms with E-state index in [4.69, 9.17) is 4.74 Å². The molecule has 1 atom stereocenters. The molecule has 0 saturated heterocycles. The minimum Gasteiger partial charge on any atom is -0.490 e. The second-order valence-electron chi connectivity index (χ2n) is 5.23. The number of nitrogens with one attached hydrogen (secondary N) is 1. The quantitative estimate of drug-likeness (QED) is 0.851. The van der Waals surface area contributed by atoms with E-state index in [9.17, 15) is 0 Å². The van der Waals surface area contributed by atoms with Crippen LogP contribution in [0.15, 0.2) is 18.2 Å². The molecule has 0 bridgehead atoms. The average molecular weight is 231 g/mol. The molecule has 0 amide bonds. The van der Waals surface area contributed by atoms with Gasteiger partial charge in [0.15, 0.2) is 0 Å². The number of anilines is 1. The summed E-state index contributed by atoms with van der Waals surface area (Å²) in [7, 11) is 0. The van der Waals surface area contributed by atoms with Crippen LogP contribution in [0.3, 0.4) is 0 Å². The molecule has 1 saturated carbocycles. The summed E-state index contributed by atoms with van der Waals surface area (Å²) in [6.07, 6.45) is 6.76. The highest BCUT2D eigenvalue weighted by Gasteiger charge is 2.26. The van der Waals surface area contributed by atoms with E-state index in [0.717, 1.165) is 12.3 Å². The van der Waals surface area contributed by atoms with Gasteiger partial charge >= 0.3 is 0 Å². The van der Waals surface area contributed by atoms with Gasteiger partial charge in [0, 0.05) is 23.7 Å². The maximum Gasteiger partial charge on any atom is 0.125 e. The van der Waals surface area contributed by atoms with E-state index in [2.05, 4.69) is 30.4 Å². The van der Waals surface area contributed by atoms with E-state index < -0.39 is 0 Å². The molecule has 0 spiro atoms. The van der Waals surface area contributed by atoms with Gasteiger partial charge in [-0.25, -0.2) is 0 Å². The summed E-state index contributed by atoms with van der Waals surface area (Å²) in [5, 5.41) is 3.49. The maximum atomic E-state index is 6.21. The molecule has 1 aliphatic heterocycles. The molecule has 1 aliphatic carbocycles. The van der Waals surface area contributed by atoms with Crippen LogP contribution in [0, 0.1) is 0 Å². The Bertz CT molecular complexity index is 396. The molecule has 2 aliphatic rings. The molecule has 2 heteroatoms. The van der Waals surface area contributed by atoms with Crippen molar-refractivity contribution in [1.82, 2.24) is 0 Å². The van der Waals surface area contributed by atoms with Crippen molar-refractivity contribution in [3.8, 4) is 5.75 Å². The second-order valence-corrected chi connectivity index (χ2v) is 5.23. The van der Waals surface area contributed by atoms with Gasteiger partial charge in [-0.1, -0.05) is 13.0 Å². The third kappa shape index (κ3) is 2.01. The zero-order chi connectivity index (χ0) is 11.7. The van der Waals surface area contributed by atoms with Crippen LogP contribution in [-0.2, 0) is 0 Å². The monoisotopic (exact) mass is 231 g/mol. The number of hydrogen-bond acceptors (Lipinski definition) is 2. The van der Waals surface area contributed by atoms with Crippen molar-refractivity contribution in [1.29, 1.82) is 0 Å². The van der Waals surface area contributed by atoms with Gasteiger partial charge in [-0.05, 0) is 44.2 Å². The fourth-order valence-corrected chi connectivity index (χ4v) is 3.09. The first-order valence-electron chi connectivity index (χ1n) is 6.92. The summed E-state index contributed by atoms with van der Waals surface area (Å²) < 4.78 is 6.21. The third-order valence-corrected chi connectivity index (χ3v) is 4.10. The number of benzene rings is 1. The van der Waals surface area contributed by atoms with Gasteiger partial charge in [-0.15, -0.1) is 0 Å². The minimum atomic E-state index is 0.458. The van der Waals surface area contributed by atoms with Crippen molar-refractivity contribution in [2.24, 2.45) is 0 Å². The standard InChI is InChI=1S/C15H21NO/c1-2-11-10-16-13-8-5-9-14(15(11)13)17-12-6-3-4-7-12/h5,8-9,11-12,16H,2-4,6-7,10H2,1H3. The Morgan fingerprint density at radius 1 is 1.29 bits per heavy atom. The summed E-state index contributed by atoms with van der Waals surface area (Å²) >= 11 is 0. The summed E-state index contributed by atoms with van der Waals surface area (Å²) in [6, 6.07) is 6.42. The molecule has 3 rings (SSSR count). The van der Waals surface area contributed by atoms with Crippen molar-refractivity contribution < 1.29 is 4.74 Å². The lowest BCUT2D eigenvalue weighted by molar-refractivity contribution is 0.207. The Labute approximate surface area is 103 Å². The Morgan fingerprint density at radius 3 is 2.88 bits per heavy atom. The molecule has 1 aromatic rings. The number of rotatable bonds is 3. The Morgan fingerprint density at radius 2 is 2.12 bits per heavy atom. The van der Waals surface area contributed by atoms with Crippen LogP contribution in [0.1, 0.15) is 50.5 Å². The average Bonchev–Trinajstić information content (AvgIpc) is 2.97. The van der Waals surface area contributed by atoms with Gasteiger partial charge in [0.05, 0.1) is 6.10 Å². The van der Waals surface area contributed by atoms with Gasteiger partial charge in [0.2, 0.25) is 0 Å². The van der Waals surface area contributed by atoms with E-state index in [1.165, 1.54) is 43.4 Å². The van der Waals surface area contributed by atoms with Crippen LogP contribution in [0.4, 0.5) is 5.69 Å². The van der Waals surface area contributed by atoms with Crippen LogP contribution >= 0.6 is 0 Å². The first-order valence-corrected chi connectivity index (χ1v) is 6.92. The van der Waals surface area contributed by atoms with E-state index >= 15 is 0 Å². The molecule has 92 valence electrons. The molecule has 1 heterocycles. The predicted molar refractivity (Wildman–Crippen MR) is 70.8 cm³/mol. The highest BCUT2D eigenvalue weighted by Crippen LogP contribution is 2.41. The van der Waals surface area contributed by atoms with Crippen LogP contribution in [-0.4, -0.2) is 12.6 Å². The number of fused-ring (bicyclic) bond motifs is 1. The Balaban J connectivity index is 1.86. The summed E-state index contributed by atoms with van der Waals surface area (Å²) in [6.45, 7) is 3.32. The number of hydrogen-bond donors (Lipinski definition) is 1. The summed E-state index contributed by atoms with van der Waals surface area (Å²) in [5.74, 6) is 1.76. The van der Waals surface area contributed by atoms with Crippen molar-refractivity contribution in [3.63, 3.8) is 0 Å². The molecule has 2 nitrogen and oxygen atoms in total. The largest absolute Gasteiger partial charge is 0.490 e. The molecule has 0 aromatic heterocycles. The maximum absolute atomic E-state index is 6.21. The lowest BCUT2D eigenvalue weighted by Crippen LogP contribution is -2.12. The van der Waals surface area contributed by atoms with Crippen molar-refractivity contribution in [3.05, 3.63) is 23.8 Å². The lowest BCUT2D eigenvalue weighted by atomic mass is 9.98. The third-order valence-electron chi connectivity index (χ3n) is 4.10. The first-order chi connectivity index (χ1) is 8.38. The molecule has 1 fully saturated rings. The second kappa shape index (κ2) is 4.59. The minimum absolute atomic E-state index is 0.458. The SMILES string of the molecule is CCC1CNc2cccc(OC3CCCC3)c21. The fourth-order valence-electron chi connectivity index (χ4n) is 3.09. The summed E-state index contributed by atoms with van der Waals surface area (Å²) in [5.41, 5.74) is 2.70. The molecular weight excluding hydrogens is 210 g/mol. The molecule has 1 N–H and O–H groups in total. The highest BCUT2D eigenvalue weighted by atomic mass is 16.5. The number of ether oxygens (including phenoxy) is 1. The van der Waals surface area contributed by atoms with E-state index in [0.29, 0.717) is 12.0 Å². The van der Waals surface area contributed by atoms with Crippen molar-refractivity contribution >= 4 is 5.69 Å². The molecule has 1 aromatic carbocycles. The first kappa shape index (κ1) is 10.9. The topological polar surface area (TPSA) is 21.3 Å². The smallest absolute Gasteiger partial charge is 0.125 e. The van der Waals surface area contributed by atoms with Crippen molar-refractivity contribution in [2.75, 3.05) is 11.9 Å². The highest BCUT2D eigenvalue weighted by molar-refractivity contribution is 5.63. The van der Waals surface area contributed by atoms with Gasteiger partial charge in [-0.2, -0.15) is 0 Å². The fraction of sp³-hybridized carbons (Fsp3) is 0.600. The van der Waals surface area contributed by atoms with Gasteiger partial charge in [0.25, 0.3) is 0 Å². The van der Waals surface area contributed by atoms with Crippen LogP contribution in [0.25, 0.3) is 0 Å². The van der Waals surface area contributed by atoms with E-state index in [1.807, 2.05) is 0 Å². The summed E-state index contributed by atoms with van der Waals surface area (Å²) in [4.78, 5) is 0. The Hall–Kier alpha value is -1.18. The van der Waals surface area contributed by atoms with Crippen LogP contribution < -0.4 is 10.1 Å². The van der Waals surface area contributed by atoms with Gasteiger partial charge in [-0.3, -0.25) is 0 Å². The van der Waals surface area contributed by atoms with Gasteiger partial charge in [0.1, 0.15) is 5.75 Å². The molecule has 17 heavy (non-hydrogen) atoms. The van der Waals surface area contributed by atoms with E-state index in [1.54, 1.807) is 0 Å². The lowest BCUT2D eigenvalue weighted by Gasteiger charge is -2.18. The molecule has 1 unspecified atom stereocenters. The molecular formula is C15H21NO. The van der Waals surface area contributed by atoms with Gasteiger partial charge < -0.3 is 10.1 Å². The van der Waals surface area contributed by atoms with E-state index in [-0.39, 0.29) is 0 Å². The van der Waals surface area contributed by atoms with Crippen LogP contribution in [0.2, 0.25) is 0 Å². The van der Waals surface area contributed by atoms with Crippen LogP contribution in [0.5, 0.6) is 5.75 Å².